The van der Waals surface area contributed by atoms with Crippen molar-refractivity contribution in [2.75, 3.05) is 43.4 Å². The molecule has 2 saturated heterocycles. The summed E-state index contributed by atoms with van der Waals surface area (Å²) in [6.45, 7) is 13.8. The molecule has 3 unspecified atom stereocenters. The molecule has 0 radical (unpaired) electrons. The first-order chi connectivity index (χ1) is 39.6. The molecule has 2 aliphatic heterocycles. The number of nitrogens with one attached hydrogen (secondary N) is 4. The predicted molar refractivity (Wildman–Crippen MR) is 323 cm³/mol. The van der Waals surface area contributed by atoms with Crippen LogP contribution in [-0.4, -0.2) is 120 Å². The molecule has 3 aromatic heterocycles. The van der Waals surface area contributed by atoms with Crippen LogP contribution in [0, 0.1) is 19.3 Å². The lowest BCUT2D eigenvalue weighted by molar-refractivity contribution is -0.144. The Hall–Kier alpha value is -7.41. The number of anilines is 3. The Balaban J connectivity index is 0.645. The quantitative estimate of drug-likeness (QED) is 0.0321. The zero-order valence-corrected chi connectivity index (χ0v) is 49.1. The number of aliphatic hydroxyl groups is 1. The van der Waals surface area contributed by atoms with Crippen LogP contribution >= 0.6 is 11.3 Å². The third-order valence-corrected chi connectivity index (χ3v) is 16.4. The second-order valence-electron chi connectivity index (χ2n) is 22.9. The molecule has 434 valence electrons. The molecule has 18 heteroatoms. The van der Waals surface area contributed by atoms with Gasteiger partial charge in [0.15, 0.2) is 0 Å². The molecule has 5 amide bonds. The molecule has 6 aromatic rings. The fourth-order valence-electron chi connectivity index (χ4n) is 10.6. The number of thiazole rings is 1. The number of aryl methyl sites for hydroxylation is 2. The number of rotatable bonds is 26. The van der Waals surface area contributed by atoms with Crippen molar-refractivity contribution in [1.82, 2.24) is 45.3 Å². The molecule has 0 saturated carbocycles. The number of hydrogen-bond donors (Lipinski definition) is 5. The van der Waals surface area contributed by atoms with Crippen LogP contribution in [0.25, 0.3) is 21.7 Å². The normalized spacial score (nSPS) is 15.9. The van der Waals surface area contributed by atoms with Crippen molar-refractivity contribution < 1.29 is 29.1 Å². The average Bonchev–Trinajstić information content (AvgIpc) is 4.11. The Labute approximate surface area is 487 Å². The third-order valence-electron chi connectivity index (χ3n) is 15.5. The van der Waals surface area contributed by atoms with E-state index in [4.69, 9.17) is 0 Å². The highest BCUT2D eigenvalue weighted by atomic mass is 32.1. The van der Waals surface area contributed by atoms with E-state index in [2.05, 4.69) is 46.1 Å². The van der Waals surface area contributed by atoms with E-state index in [0.29, 0.717) is 30.0 Å². The molecular weight excluding hydrogens is 1050 g/mol. The van der Waals surface area contributed by atoms with Crippen molar-refractivity contribution in [1.29, 1.82) is 0 Å². The number of piperazine rings is 1. The summed E-state index contributed by atoms with van der Waals surface area (Å²) in [5, 5.41) is 22.9. The molecular formula is C64H81N11O6S. The lowest BCUT2D eigenvalue weighted by Crippen LogP contribution is -2.57. The van der Waals surface area contributed by atoms with Crippen LogP contribution in [0.4, 0.5) is 17.3 Å². The molecule has 3 aromatic carbocycles. The second kappa shape index (κ2) is 29.5. The van der Waals surface area contributed by atoms with Crippen LogP contribution in [0.5, 0.6) is 0 Å². The maximum absolute atomic E-state index is 14.0. The lowest BCUT2D eigenvalue weighted by atomic mass is 9.85. The number of unbranched alkanes of at least 4 members (excludes halogenated alkanes) is 9. The number of aliphatic hydroxyl groups excluding tert-OH is 1. The van der Waals surface area contributed by atoms with Gasteiger partial charge in [0.2, 0.25) is 29.6 Å². The van der Waals surface area contributed by atoms with Gasteiger partial charge in [-0.15, -0.1) is 11.3 Å². The van der Waals surface area contributed by atoms with Crippen molar-refractivity contribution in [3.63, 3.8) is 0 Å². The first-order valence-corrected chi connectivity index (χ1v) is 30.0. The Kier molecular flexibility index (Phi) is 21.9. The van der Waals surface area contributed by atoms with E-state index in [0.717, 1.165) is 147 Å². The minimum absolute atomic E-state index is 0.0358. The van der Waals surface area contributed by atoms with Crippen molar-refractivity contribution in [2.24, 2.45) is 5.41 Å². The van der Waals surface area contributed by atoms with Gasteiger partial charge in [0.1, 0.15) is 12.1 Å². The molecule has 8 rings (SSSR count). The zero-order chi connectivity index (χ0) is 58.0. The number of likely N-dealkylation sites (tertiary alicyclic amines) is 1. The predicted octanol–water partition coefficient (Wildman–Crippen LogP) is 10.4. The van der Waals surface area contributed by atoms with Crippen molar-refractivity contribution in [2.45, 2.75) is 149 Å². The summed E-state index contributed by atoms with van der Waals surface area (Å²) in [6.07, 6.45) is 15.7. The molecule has 17 nitrogen and oxygen atoms in total. The molecule has 0 bridgehead atoms. The number of benzene rings is 3. The lowest BCUT2D eigenvalue weighted by Gasteiger charge is -2.35. The fourth-order valence-corrected chi connectivity index (χ4v) is 11.4. The van der Waals surface area contributed by atoms with E-state index in [9.17, 15) is 29.1 Å². The monoisotopic (exact) mass is 1130 g/mol. The SMILES string of the molecule is Cc1ccc(NC(=O)c2ccc(CN3CCN(C(=O)CCCCCCCCCCCCC(=O)NC(C(=O)N4CC(O)CC4C(=O)NCc4ccc(-c5scnc5C)cc4)C(C)(C)C)CC3)cc2)cc1Nc1nccc(-c2cccnc2)n1. The third kappa shape index (κ3) is 17.6. The standard InChI is InChI=1S/C64H81N11O6S/c1-44-20-29-51(37-54(44)71-63-66-32-30-53(70-63)50-17-16-31-65-40-50)69-60(79)49-27-23-47(24-28-49)41-73-33-35-74(36-34-73)57(78)19-15-13-11-9-7-6-8-10-12-14-18-56(77)72-59(64(3,4)5)62(81)75-42-52(76)38-55(75)61(80)67-39-46-21-25-48(26-22-46)58-45(2)68-43-82-58/h16-17,20-32,37,40,43,52,55,59,76H,6-15,18-19,33-36,38-39,41-42H2,1-5H3,(H,67,80)(H,69,79)(H,72,77)(H,66,70,71). The number of hydrogen-bond acceptors (Lipinski definition) is 13. The van der Waals surface area contributed by atoms with Gasteiger partial charge in [0.05, 0.1) is 27.9 Å². The highest BCUT2D eigenvalue weighted by Crippen LogP contribution is 2.30. The highest BCUT2D eigenvalue weighted by Gasteiger charge is 2.44. The first kappa shape index (κ1) is 60.7. The molecule has 82 heavy (non-hydrogen) atoms. The van der Waals surface area contributed by atoms with Crippen molar-refractivity contribution in [3.05, 3.63) is 137 Å². The molecule has 3 atom stereocenters. The summed E-state index contributed by atoms with van der Waals surface area (Å²) in [6, 6.07) is 25.3. The smallest absolute Gasteiger partial charge is 0.255 e. The summed E-state index contributed by atoms with van der Waals surface area (Å²) in [5.41, 5.74) is 9.92. The summed E-state index contributed by atoms with van der Waals surface area (Å²) in [7, 11) is 0. The number of pyridine rings is 1. The summed E-state index contributed by atoms with van der Waals surface area (Å²) >= 11 is 1.59. The first-order valence-electron chi connectivity index (χ1n) is 29.1. The number of carbonyl (C=O) groups excluding carboxylic acids is 5. The largest absolute Gasteiger partial charge is 0.391 e. The molecule has 2 fully saturated rings. The van der Waals surface area contributed by atoms with Crippen LogP contribution in [0.3, 0.4) is 0 Å². The second-order valence-corrected chi connectivity index (χ2v) is 23.8. The average molecular weight is 1130 g/mol. The maximum Gasteiger partial charge on any atom is 0.255 e. The van der Waals surface area contributed by atoms with E-state index in [-0.39, 0.29) is 49.0 Å². The van der Waals surface area contributed by atoms with Gasteiger partial charge >= 0.3 is 0 Å². The Morgan fingerprint density at radius 3 is 2.10 bits per heavy atom. The summed E-state index contributed by atoms with van der Waals surface area (Å²) < 4.78 is 0. The Morgan fingerprint density at radius 2 is 1.44 bits per heavy atom. The van der Waals surface area contributed by atoms with Gasteiger partial charge in [-0.05, 0) is 96.8 Å². The molecule has 0 spiro atoms. The van der Waals surface area contributed by atoms with Gasteiger partial charge in [-0.2, -0.15) is 0 Å². The van der Waals surface area contributed by atoms with Gasteiger partial charge in [-0.25, -0.2) is 15.0 Å². The molecule has 5 N–H and O–H groups in total. The van der Waals surface area contributed by atoms with Crippen molar-refractivity contribution in [3.8, 4) is 21.7 Å². The van der Waals surface area contributed by atoms with E-state index in [1.807, 2.05) is 130 Å². The minimum Gasteiger partial charge on any atom is -0.391 e. The van der Waals surface area contributed by atoms with Crippen LogP contribution in [-0.2, 0) is 32.3 Å². The fraction of sp³-hybridized carbons (Fsp3) is 0.453. The number of aromatic nitrogens is 4. The van der Waals surface area contributed by atoms with Crippen LogP contribution in [0.15, 0.2) is 109 Å². The van der Waals surface area contributed by atoms with Gasteiger partial charge in [-0.3, -0.25) is 33.9 Å². The Bertz CT molecular complexity index is 3070. The van der Waals surface area contributed by atoms with Crippen LogP contribution in [0.2, 0.25) is 0 Å². The van der Waals surface area contributed by atoms with Gasteiger partial charge in [-0.1, -0.05) is 115 Å². The summed E-state index contributed by atoms with van der Waals surface area (Å²) in [4.78, 5) is 91.6. The van der Waals surface area contributed by atoms with E-state index in [1.165, 1.54) is 4.90 Å². The Morgan fingerprint density at radius 1 is 0.756 bits per heavy atom. The van der Waals surface area contributed by atoms with Gasteiger partial charge < -0.3 is 36.2 Å². The minimum atomic E-state index is -0.845. The number of nitrogens with zero attached hydrogens (tertiary/aromatic N) is 7. The highest BCUT2D eigenvalue weighted by molar-refractivity contribution is 7.13. The summed E-state index contributed by atoms with van der Waals surface area (Å²) in [5.74, 6) is -0.386. The molecule has 0 aliphatic carbocycles. The van der Waals surface area contributed by atoms with Crippen molar-refractivity contribution >= 4 is 58.2 Å². The molecule has 5 heterocycles. The van der Waals surface area contributed by atoms with Crippen LogP contribution in [0.1, 0.15) is 137 Å². The maximum atomic E-state index is 14.0. The number of amides is 5. The topological polar surface area (TPSA) is 215 Å². The van der Waals surface area contributed by atoms with E-state index in [1.54, 1.807) is 29.9 Å². The van der Waals surface area contributed by atoms with Crippen LogP contribution < -0.4 is 21.3 Å². The van der Waals surface area contributed by atoms with Gasteiger partial charge in [0.25, 0.3) is 5.91 Å². The number of carbonyl (C=O) groups is 5. The van der Waals surface area contributed by atoms with E-state index >= 15 is 0 Å². The molecule has 2 aliphatic rings. The number of β-amino-alcohol motifs (C(OH)–C–C–N with tert-alkyl or cyclic N) is 1. The van der Waals surface area contributed by atoms with E-state index < -0.39 is 23.6 Å². The van der Waals surface area contributed by atoms with Gasteiger partial charge in [0, 0.05) is 106 Å². The zero-order valence-electron chi connectivity index (χ0n) is 48.3.